The molecule has 4 aliphatic carbocycles. The van der Waals surface area contributed by atoms with Crippen LogP contribution in [0.25, 0.3) is 56.7 Å². The van der Waals surface area contributed by atoms with Crippen molar-refractivity contribution in [2.45, 2.75) is 67.9 Å². The van der Waals surface area contributed by atoms with Crippen molar-refractivity contribution in [1.29, 1.82) is 0 Å². The summed E-state index contributed by atoms with van der Waals surface area (Å²) in [5.41, 5.74) is 20.8. The van der Waals surface area contributed by atoms with Gasteiger partial charge in [-0.15, -0.1) is 24.8 Å². The molecule has 6 aromatic carbocycles. The van der Waals surface area contributed by atoms with Crippen molar-refractivity contribution in [3.8, 4) is 44.5 Å². The molecule has 0 bridgehead atoms. The van der Waals surface area contributed by atoms with E-state index in [9.17, 15) is 0 Å². The van der Waals surface area contributed by atoms with E-state index in [1.54, 1.807) is 22.3 Å². The Hall–Kier alpha value is -3.52. The quantitative estimate of drug-likeness (QED) is 0.120. The summed E-state index contributed by atoms with van der Waals surface area (Å²) in [5.74, 6) is 1.61. The van der Waals surface area contributed by atoms with Crippen molar-refractivity contribution < 1.29 is 17.4 Å². The minimum absolute atomic E-state index is 0. The fraction of sp³-hybridized carbons (Fsp3) is 0.259. The Bertz CT molecular complexity index is 2390. The molecule has 6 aromatic rings. The number of hydrogen-bond acceptors (Lipinski definition) is 0. The third kappa shape index (κ3) is 7.25. The fourth-order valence-corrected chi connectivity index (χ4v) is 30.8. The summed E-state index contributed by atoms with van der Waals surface area (Å²) in [7, 11) is 0. The van der Waals surface area contributed by atoms with E-state index in [1.165, 1.54) is 107 Å². The van der Waals surface area contributed by atoms with E-state index in [0.717, 1.165) is 11.8 Å². The maximum atomic E-state index is 2.90. The van der Waals surface area contributed by atoms with Crippen molar-refractivity contribution in [1.82, 2.24) is 0 Å². The maximum absolute atomic E-state index is 4.12. The Morgan fingerprint density at radius 2 is 0.724 bits per heavy atom. The molecule has 0 aliphatic heterocycles. The summed E-state index contributed by atoms with van der Waals surface area (Å²) in [6, 6.07) is 55.1. The standard InChI is InChI=1S/2C26H23.2CH3.2ClH.H2Si.Zr/c2*1-3-10-21(11-4-1)23-14-15-24(22-12-5-2-6-13-22)26-18-20(17-25(23)26)16-19-8-7-9-19;;;;;;/h2*1-6,10-15,17-19H,7-9,16H2;2*1H3;2*1H;1H2;. The zero-order valence-corrected chi connectivity index (χ0v) is 39.5. The van der Waals surface area contributed by atoms with E-state index >= 15 is 0 Å². The van der Waals surface area contributed by atoms with Gasteiger partial charge in [0.25, 0.3) is 0 Å². The molecule has 0 heterocycles. The van der Waals surface area contributed by atoms with Crippen LogP contribution in [0.1, 0.15) is 80.9 Å². The summed E-state index contributed by atoms with van der Waals surface area (Å²) >= 11 is -4.12. The van der Waals surface area contributed by atoms with E-state index in [1.807, 2.05) is 0 Å². The summed E-state index contributed by atoms with van der Waals surface area (Å²) in [6.07, 6.45) is 16.2. The molecule has 0 radical (unpaired) electrons. The van der Waals surface area contributed by atoms with Gasteiger partial charge in [-0.2, -0.15) is 0 Å². The Morgan fingerprint density at radius 1 is 0.431 bits per heavy atom. The third-order valence-corrected chi connectivity index (χ3v) is 31.7. The van der Waals surface area contributed by atoms with Crippen LogP contribution in [0, 0.1) is 11.8 Å². The van der Waals surface area contributed by atoms with Crippen molar-refractivity contribution in [2.75, 3.05) is 0 Å². The van der Waals surface area contributed by atoms with Gasteiger partial charge in [-0.05, 0) is 0 Å². The first-order valence-electron chi connectivity index (χ1n) is 21.4. The second kappa shape index (κ2) is 16.5. The van der Waals surface area contributed by atoms with Crippen molar-refractivity contribution in [3.63, 3.8) is 0 Å². The van der Waals surface area contributed by atoms with Crippen LogP contribution in [0.15, 0.2) is 157 Å². The molecule has 2 saturated carbocycles. The van der Waals surface area contributed by atoms with Gasteiger partial charge >= 0.3 is 340 Å². The Morgan fingerprint density at radius 3 is 1.02 bits per heavy atom. The normalized spacial score (nSPS) is 18.7. The van der Waals surface area contributed by atoms with Gasteiger partial charge in [0.15, 0.2) is 0 Å². The van der Waals surface area contributed by atoms with Crippen molar-refractivity contribution in [2.24, 2.45) is 11.8 Å². The summed E-state index contributed by atoms with van der Waals surface area (Å²) in [4.78, 5) is 0. The average Bonchev–Trinajstić information content (AvgIpc) is 3.79. The second-order valence-corrected chi connectivity index (χ2v) is 49.2. The van der Waals surface area contributed by atoms with Gasteiger partial charge in [0.2, 0.25) is 0 Å². The third-order valence-electron chi connectivity index (χ3n) is 14.3. The van der Waals surface area contributed by atoms with Gasteiger partial charge in [-0.25, -0.2) is 0 Å². The number of allylic oxidation sites excluding steroid dienone is 2. The van der Waals surface area contributed by atoms with Crippen LogP contribution in [0.5, 0.6) is 0 Å². The van der Waals surface area contributed by atoms with Crippen molar-refractivity contribution >= 4 is 43.8 Å². The van der Waals surface area contributed by atoms with E-state index in [4.69, 9.17) is 0 Å². The number of halogens is 2. The molecule has 4 heteroatoms. The van der Waals surface area contributed by atoms with Crippen LogP contribution < -0.4 is 0 Å². The zero-order chi connectivity index (χ0) is 37.9. The topological polar surface area (TPSA) is 0 Å². The molecule has 0 nitrogen and oxygen atoms in total. The minimum atomic E-state index is -4.12. The summed E-state index contributed by atoms with van der Waals surface area (Å²) in [5, 5.41) is 0. The van der Waals surface area contributed by atoms with Gasteiger partial charge in [-0.1, -0.05) is 0 Å². The molecule has 0 saturated heterocycles. The van der Waals surface area contributed by atoms with E-state index in [-0.39, 0.29) is 24.8 Å². The predicted octanol–water partition coefficient (Wildman–Crippen LogP) is 15.5. The number of fused-ring (bicyclic) bond motifs is 2. The van der Waals surface area contributed by atoms with Crippen LogP contribution in [-0.4, -0.2) is 6.88 Å². The van der Waals surface area contributed by atoms with Gasteiger partial charge in [0, 0.05) is 0 Å². The van der Waals surface area contributed by atoms with Crippen molar-refractivity contribution in [3.05, 3.63) is 179 Å². The average molecular weight is 895 g/mol. The molecule has 294 valence electrons. The molecule has 4 aliphatic rings. The van der Waals surface area contributed by atoms with Gasteiger partial charge in [0.05, 0.1) is 0 Å². The van der Waals surface area contributed by atoms with Crippen LogP contribution >= 0.6 is 24.8 Å². The molecule has 2 fully saturated rings. The fourth-order valence-electron chi connectivity index (χ4n) is 11.3. The van der Waals surface area contributed by atoms with E-state index in [2.05, 4.69) is 174 Å². The molecule has 2 unspecified atom stereocenters. The second-order valence-electron chi connectivity index (χ2n) is 18.7. The molecule has 0 amide bonds. The Labute approximate surface area is 361 Å². The number of hydrogen-bond donors (Lipinski definition) is 0. The SMILES string of the molecule is Cl.Cl.[CH3][Zr]([CH3])(=[SiH2])([CH]1C(CC2CCC2)=Cc2c(-c3ccccc3)ccc(-c3ccccc3)c21)[CH]1C(CC2CCC2)=Cc2c(-c3ccccc3)ccc(-c3ccccc3)c21. The molecule has 10 rings (SSSR count). The van der Waals surface area contributed by atoms with E-state index < -0.39 is 17.4 Å². The monoisotopic (exact) mass is 892 g/mol. The molecule has 0 N–H and O–H groups in total. The van der Waals surface area contributed by atoms with Crippen LogP contribution in [0.4, 0.5) is 0 Å². The van der Waals surface area contributed by atoms with Crippen LogP contribution in [-0.2, 0) is 17.4 Å². The summed E-state index contributed by atoms with van der Waals surface area (Å²) < 4.78 is 6.70. The predicted molar refractivity (Wildman–Crippen MR) is 255 cm³/mol. The first-order valence-corrected chi connectivity index (χ1v) is 35.0. The molecule has 58 heavy (non-hydrogen) atoms. The van der Waals surface area contributed by atoms with Gasteiger partial charge in [0.1, 0.15) is 0 Å². The van der Waals surface area contributed by atoms with Gasteiger partial charge in [-0.3, -0.25) is 0 Å². The van der Waals surface area contributed by atoms with E-state index in [0.29, 0.717) is 7.25 Å². The van der Waals surface area contributed by atoms with Gasteiger partial charge < -0.3 is 0 Å². The molecule has 2 atom stereocenters. The zero-order valence-electron chi connectivity index (χ0n) is 34.0. The molecule has 0 aromatic heterocycles. The van der Waals surface area contributed by atoms with Crippen LogP contribution in [0.2, 0.25) is 9.26 Å². The number of rotatable bonds is 10. The first kappa shape index (κ1) is 41.2. The summed E-state index contributed by atoms with van der Waals surface area (Å²) in [6.45, 7) is 2.56. The Balaban J connectivity index is 0.00000235. The molecular weight excluding hydrogens is 839 g/mol. The Kier molecular flexibility index (Phi) is 11.7. The molecule has 0 spiro atoms. The molecular formula is C54H56Cl2SiZr. The van der Waals surface area contributed by atoms with Crippen LogP contribution in [0.3, 0.4) is 0 Å². The number of benzene rings is 6. The first-order chi connectivity index (χ1) is 27.3.